The van der Waals surface area contributed by atoms with Crippen LogP contribution in [0.15, 0.2) is 0 Å². The van der Waals surface area contributed by atoms with E-state index in [-0.39, 0.29) is 11.6 Å². The summed E-state index contributed by atoms with van der Waals surface area (Å²) in [5.41, 5.74) is 0.0891. The third-order valence-electron chi connectivity index (χ3n) is 6.41. The molecular weight excluding hydrogens is 326 g/mol. The van der Waals surface area contributed by atoms with Crippen LogP contribution < -0.4 is 0 Å². The molecule has 0 aromatic rings. The van der Waals surface area contributed by atoms with Gasteiger partial charge in [-0.05, 0) is 53.6 Å². The van der Waals surface area contributed by atoms with Gasteiger partial charge in [0, 0.05) is 44.3 Å². The van der Waals surface area contributed by atoms with E-state index in [0.29, 0.717) is 6.10 Å². The summed E-state index contributed by atoms with van der Waals surface area (Å²) in [7, 11) is 0. The molecule has 2 saturated heterocycles. The highest BCUT2D eigenvalue weighted by Crippen LogP contribution is 2.29. The highest BCUT2D eigenvalue weighted by atomic mass is 16.5. The molecule has 0 radical (unpaired) electrons. The lowest BCUT2D eigenvalue weighted by molar-refractivity contribution is -0.113. The molecule has 2 fully saturated rings. The maximum atomic E-state index is 6.24. The fraction of sp³-hybridized carbons (Fsp3) is 1.00. The van der Waals surface area contributed by atoms with Crippen LogP contribution in [0.2, 0.25) is 0 Å². The van der Waals surface area contributed by atoms with Crippen molar-refractivity contribution in [1.82, 2.24) is 14.7 Å². The number of morpholine rings is 1. The Hall–Kier alpha value is -0.200. The first-order chi connectivity index (χ1) is 12.4. The van der Waals surface area contributed by atoms with Crippen LogP contribution in [0.5, 0.6) is 0 Å². The lowest BCUT2D eigenvalue weighted by Crippen LogP contribution is -2.62. The second-order valence-electron chi connectivity index (χ2n) is 8.67. The van der Waals surface area contributed by atoms with Gasteiger partial charge < -0.3 is 14.4 Å². The van der Waals surface area contributed by atoms with Gasteiger partial charge in [0.2, 0.25) is 0 Å². The van der Waals surface area contributed by atoms with Gasteiger partial charge in [0.25, 0.3) is 0 Å². The normalized spacial score (nSPS) is 24.7. The minimum Gasteiger partial charge on any atom is -0.377 e. The summed E-state index contributed by atoms with van der Waals surface area (Å²) in [4.78, 5) is 7.81. The Labute approximate surface area is 162 Å². The lowest BCUT2D eigenvalue weighted by Gasteiger charge is -2.50. The number of rotatable bonds is 9. The van der Waals surface area contributed by atoms with Gasteiger partial charge in [0.1, 0.15) is 0 Å². The Morgan fingerprint density at radius 3 is 2.35 bits per heavy atom. The van der Waals surface area contributed by atoms with Crippen LogP contribution >= 0.6 is 0 Å². The monoisotopic (exact) mass is 369 g/mol. The van der Waals surface area contributed by atoms with E-state index < -0.39 is 0 Å². The molecule has 2 heterocycles. The second kappa shape index (κ2) is 10.4. The zero-order chi connectivity index (χ0) is 19.2. The van der Waals surface area contributed by atoms with Crippen LogP contribution in [0, 0.1) is 0 Å². The summed E-state index contributed by atoms with van der Waals surface area (Å²) in [6.45, 7) is 23.0. The van der Waals surface area contributed by atoms with E-state index in [2.05, 4.69) is 56.2 Å². The van der Waals surface area contributed by atoms with E-state index in [0.717, 1.165) is 38.9 Å². The Kier molecular flexibility index (Phi) is 8.81. The summed E-state index contributed by atoms with van der Waals surface area (Å²) in [6, 6.07) is 0.758. The fourth-order valence-corrected chi connectivity index (χ4v) is 4.50. The third kappa shape index (κ3) is 5.90. The first kappa shape index (κ1) is 22.1. The Morgan fingerprint density at radius 2 is 1.77 bits per heavy atom. The van der Waals surface area contributed by atoms with Crippen LogP contribution in [0.1, 0.15) is 54.4 Å². The average molecular weight is 370 g/mol. The van der Waals surface area contributed by atoms with E-state index in [1.807, 2.05) is 0 Å². The van der Waals surface area contributed by atoms with Crippen LogP contribution in [0.25, 0.3) is 0 Å². The van der Waals surface area contributed by atoms with Crippen molar-refractivity contribution in [3.05, 3.63) is 0 Å². The molecule has 2 aliphatic rings. The number of ether oxygens (including phenoxy) is 2. The van der Waals surface area contributed by atoms with Crippen molar-refractivity contribution in [2.75, 3.05) is 59.0 Å². The molecule has 154 valence electrons. The molecule has 0 aliphatic carbocycles. The molecule has 5 nitrogen and oxygen atoms in total. The second-order valence-corrected chi connectivity index (χ2v) is 8.67. The van der Waals surface area contributed by atoms with Crippen molar-refractivity contribution in [2.24, 2.45) is 0 Å². The van der Waals surface area contributed by atoms with Crippen molar-refractivity contribution < 1.29 is 9.47 Å². The molecule has 0 amide bonds. The molecule has 2 rings (SSSR count). The van der Waals surface area contributed by atoms with E-state index in [9.17, 15) is 0 Å². The van der Waals surface area contributed by atoms with E-state index in [1.165, 1.54) is 39.0 Å². The molecule has 0 saturated carbocycles. The maximum Gasteiger partial charge on any atom is 0.0880 e. The average Bonchev–Trinajstić information content (AvgIpc) is 2.63. The molecule has 5 heteroatoms. The van der Waals surface area contributed by atoms with Gasteiger partial charge in [-0.1, -0.05) is 13.8 Å². The number of nitrogens with zero attached hydrogens (tertiary/aromatic N) is 3. The standard InChI is InChI=1S/C21H43N3O2/c1-7-23(8-2)19-9-11-24(12-10-19)21(5,6)20-17-22(14-16-26-20)13-15-25-18(3)4/h18-20H,7-17H2,1-6H3. The zero-order valence-electron chi connectivity index (χ0n) is 18.2. The summed E-state index contributed by atoms with van der Waals surface area (Å²) in [5, 5.41) is 0. The Balaban J connectivity index is 1.84. The SMILES string of the molecule is CCN(CC)C1CCN(C(C)(C)C2CN(CCOC(C)C)CCO2)CC1. The van der Waals surface area contributed by atoms with Gasteiger partial charge in [-0.3, -0.25) is 9.80 Å². The molecule has 0 N–H and O–H groups in total. The first-order valence-electron chi connectivity index (χ1n) is 10.8. The predicted molar refractivity (Wildman–Crippen MR) is 109 cm³/mol. The summed E-state index contributed by atoms with van der Waals surface area (Å²) in [6.07, 6.45) is 3.16. The Bertz CT molecular complexity index is 391. The van der Waals surface area contributed by atoms with Crippen molar-refractivity contribution in [3.8, 4) is 0 Å². The first-order valence-corrected chi connectivity index (χ1v) is 10.8. The summed E-state index contributed by atoms with van der Waals surface area (Å²) >= 11 is 0. The van der Waals surface area contributed by atoms with Gasteiger partial charge in [-0.15, -0.1) is 0 Å². The van der Waals surface area contributed by atoms with Gasteiger partial charge in [-0.25, -0.2) is 0 Å². The minimum atomic E-state index is 0.0891. The molecule has 1 atom stereocenters. The number of likely N-dealkylation sites (tertiary alicyclic amines) is 1. The van der Waals surface area contributed by atoms with Crippen LogP contribution in [-0.2, 0) is 9.47 Å². The smallest absolute Gasteiger partial charge is 0.0880 e. The quantitative estimate of drug-likeness (QED) is 0.623. The van der Waals surface area contributed by atoms with Gasteiger partial charge >= 0.3 is 0 Å². The zero-order valence-corrected chi connectivity index (χ0v) is 18.2. The van der Waals surface area contributed by atoms with Crippen molar-refractivity contribution in [2.45, 2.75) is 78.2 Å². The van der Waals surface area contributed by atoms with Crippen molar-refractivity contribution in [1.29, 1.82) is 0 Å². The molecule has 0 spiro atoms. The third-order valence-corrected chi connectivity index (χ3v) is 6.41. The molecule has 1 unspecified atom stereocenters. The maximum absolute atomic E-state index is 6.24. The molecular formula is C21H43N3O2. The van der Waals surface area contributed by atoms with E-state index >= 15 is 0 Å². The number of hydrogen-bond acceptors (Lipinski definition) is 5. The molecule has 0 aromatic heterocycles. The topological polar surface area (TPSA) is 28.2 Å². The van der Waals surface area contributed by atoms with Gasteiger partial charge in [0.15, 0.2) is 0 Å². The highest BCUT2D eigenvalue weighted by Gasteiger charge is 2.40. The summed E-state index contributed by atoms with van der Waals surface area (Å²) in [5.74, 6) is 0. The summed E-state index contributed by atoms with van der Waals surface area (Å²) < 4.78 is 12.0. The highest BCUT2D eigenvalue weighted by molar-refractivity contribution is 4.96. The van der Waals surface area contributed by atoms with E-state index in [1.54, 1.807) is 0 Å². The number of piperidine rings is 1. The van der Waals surface area contributed by atoms with Crippen molar-refractivity contribution in [3.63, 3.8) is 0 Å². The number of hydrogen-bond donors (Lipinski definition) is 0. The lowest BCUT2D eigenvalue weighted by atomic mass is 9.89. The van der Waals surface area contributed by atoms with Crippen LogP contribution in [0.4, 0.5) is 0 Å². The van der Waals surface area contributed by atoms with Crippen LogP contribution in [0.3, 0.4) is 0 Å². The van der Waals surface area contributed by atoms with Gasteiger partial charge in [-0.2, -0.15) is 0 Å². The molecule has 0 bridgehead atoms. The Morgan fingerprint density at radius 1 is 1.12 bits per heavy atom. The largest absolute Gasteiger partial charge is 0.377 e. The molecule has 26 heavy (non-hydrogen) atoms. The van der Waals surface area contributed by atoms with Crippen LogP contribution in [-0.4, -0.2) is 97.5 Å². The molecule has 0 aromatic carbocycles. The minimum absolute atomic E-state index is 0.0891. The fourth-order valence-electron chi connectivity index (χ4n) is 4.50. The van der Waals surface area contributed by atoms with E-state index in [4.69, 9.17) is 9.47 Å². The predicted octanol–water partition coefficient (Wildman–Crippen LogP) is 2.70. The molecule has 2 aliphatic heterocycles. The van der Waals surface area contributed by atoms with Gasteiger partial charge in [0.05, 0.1) is 25.4 Å². The van der Waals surface area contributed by atoms with Crippen molar-refractivity contribution >= 4 is 0 Å².